The summed E-state index contributed by atoms with van der Waals surface area (Å²) in [6, 6.07) is 20.2. The van der Waals surface area contributed by atoms with Crippen LogP contribution in [0.5, 0.6) is 5.75 Å². The average molecular weight is 278 g/mol. The average Bonchev–Trinajstić information content (AvgIpc) is 2.53. The lowest BCUT2D eigenvalue weighted by atomic mass is 10.2. The molecule has 0 unspecified atom stereocenters. The van der Waals surface area contributed by atoms with E-state index in [9.17, 15) is 0 Å². The van der Waals surface area contributed by atoms with Crippen molar-refractivity contribution < 1.29 is 4.74 Å². The number of nitrogens with zero attached hydrogens (tertiary/aromatic N) is 2. The van der Waals surface area contributed by atoms with Crippen molar-refractivity contribution in [3.63, 3.8) is 0 Å². The van der Waals surface area contributed by atoms with Crippen LogP contribution >= 0.6 is 0 Å². The minimum atomic E-state index is 0.474. The zero-order valence-corrected chi connectivity index (χ0v) is 12.3. The minimum Gasteiger partial charge on any atom is -0.487 e. The molecule has 0 saturated carbocycles. The Kier molecular flexibility index (Phi) is 3.73. The number of hydrogen-bond acceptors (Lipinski definition) is 3. The third-order valence-electron chi connectivity index (χ3n) is 3.38. The quantitative estimate of drug-likeness (QED) is 0.724. The molecule has 3 aromatic rings. The number of aromatic nitrogens is 1. The molecule has 3 rings (SSSR count). The van der Waals surface area contributed by atoms with Crippen molar-refractivity contribution in [3.05, 3.63) is 66.4 Å². The monoisotopic (exact) mass is 278 g/mol. The second-order valence-corrected chi connectivity index (χ2v) is 5.18. The highest BCUT2D eigenvalue weighted by atomic mass is 16.5. The molecule has 1 heterocycles. The van der Waals surface area contributed by atoms with Gasteiger partial charge in [-0.3, -0.25) is 0 Å². The van der Waals surface area contributed by atoms with Gasteiger partial charge in [0.25, 0.3) is 0 Å². The van der Waals surface area contributed by atoms with Crippen LogP contribution in [0.1, 0.15) is 5.69 Å². The van der Waals surface area contributed by atoms with Crippen molar-refractivity contribution in [1.29, 1.82) is 0 Å². The number of pyridine rings is 1. The van der Waals surface area contributed by atoms with Crippen molar-refractivity contribution in [1.82, 2.24) is 4.98 Å². The Morgan fingerprint density at radius 2 is 1.81 bits per heavy atom. The number of anilines is 1. The molecule has 0 aliphatic heterocycles. The Bertz CT molecular complexity index is 753. The highest BCUT2D eigenvalue weighted by molar-refractivity contribution is 5.78. The highest BCUT2D eigenvalue weighted by Crippen LogP contribution is 2.20. The Balaban J connectivity index is 1.75. The fourth-order valence-corrected chi connectivity index (χ4v) is 2.20. The van der Waals surface area contributed by atoms with Crippen molar-refractivity contribution in [2.45, 2.75) is 6.61 Å². The summed E-state index contributed by atoms with van der Waals surface area (Å²) in [5.74, 6) is 0.858. The maximum Gasteiger partial charge on any atom is 0.130 e. The Hall–Kier alpha value is -2.55. The van der Waals surface area contributed by atoms with E-state index < -0.39 is 0 Å². The van der Waals surface area contributed by atoms with Gasteiger partial charge in [-0.1, -0.05) is 30.3 Å². The molecule has 21 heavy (non-hydrogen) atoms. The molecular formula is C18H18N2O. The van der Waals surface area contributed by atoms with E-state index in [4.69, 9.17) is 4.74 Å². The van der Waals surface area contributed by atoms with Gasteiger partial charge in [-0.15, -0.1) is 0 Å². The van der Waals surface area contributed by atoms with Gasteiger partial charge in [0.1, 0.15) is 12.4 Å². The van der Waals surface area contributed by atoms with Crippen LogP contribution < -0.4 is 9.64 Å². The van der Waals surface area contributed by atoms with Gasteiger partial charge < -0.3 is 9.64 Å². The van der Waals surface area contributed by atoms with Gasteiger partial charge >= 0.3 is 0 Å². The third-order valence-corrected chi connectivity index (χ3v) is 3.38. The van der Waals surface area contributed by atoms with Crippen molar-refractivity contribution in [2.75, 3.05) is 19.0 Å². The number of benzene rings is 2. The number of rotatable bonds is 4. The molecular weight excluding hydrogens is 260 g/mol. The van der Waals surface area contributed by atoms with Crippen LogP contribution in [0.2, 0.25) is 0 Å². The molecule has 0 fully saturated rings. The smallest absolute Gasteiger partial charge is 0.130 e. The molecule has 3 heteroatoms. The SMILES string of the molecule is CN(C)c1cccc(OCc2ccc3ccccc3n2)c1. The summed E-state index contributed by atoms with van der Waals surface area (Å²) < 4.78 is 5.84. The van der Waals surface area contributed by atoms with E-state index in [0.717, 1.165) is 28.0 Å². The molecule has 1 aromatic heterocycles. The maximum absolute atomic E-state index is 5.84. The Morgan fingerprint density at radius 3 is 2.67 bits per heavy atom. The van der Waals surface area contributed by atoms with Crippen LogP contribution in [0.4, 0.5) is 5.69 Å². The number of hydrogen-bond donors (Lipinski definition) is 0. The minimum absolute atomic E-state index is 0.474. The van der Waals surface area contributed by atoms with Gasteiger partial charge in [-0.05, 0) is 24.3 Å². The molecule has 106 valence electrons. The molecule has 0 saturated heterocycles. The lowest BCUT2D eigenvalue weighted by Gasteiger charge is -2.14. The maximum atomic E-state index is 5.84. The van der Waals surface area contributed by atoms with E-state index in [1.807, 2.05) is 56.6 Å². The zero-order valence-electron chi connectivity index (χ0n) is 12.3. The number of ether oxygens (including phenoxy) is 1. The van der Waals surface area contributed by atoms with E-state index in [0.29, 0.717) is 6.61 Å². The lowest BCUT2D eigenvalue weighted by molar-refractivity contribution is 0.302. The van der Waals surface area contributed by atoms with Crippen molar-refractivity contribution in [2.24, 2.45) is 0 Å². The number of fused-ring (bicyclic) bond motifs is 1. The van der Waals surface area contributed by atoms with Crippen molar-refractivity contribution >= 4 is 16.6 Å². The van der Waals surface area contributed by atoms with Crippen LogP contribution in [-0.4, -0.2) is 19.1 Å². The Labute approximate surface area is 124 Å². The summed E-state index contributed by atoms with van der Waals surface area (Å²) in [4.78, 5) is 6.67. The van der Waals surface area contributed by atoms with E-state index >= 15 is 0 Å². The van der Waals surface area contributed by atoms with E-state index in [1.54, 1.807) is 0 Å². The second kappa shape index (κ2) is 5.83. The summed E-state index contributed by atoms with van der Waals surface area (Å²) in [6.07, 6.45) is 0. The van der Waals surface area contributed by atoms with E-state index in [1.165, 1.54) is 0 Å². The first-order chi connectivity index (χ1) is 10.2. The molecule has 0 atom stereocenters. The van der Waals surface area contributed by atoms with Gasteiger partial charge in [-0.25, -0.2) is 4.98 Å². The first kappa shape index (κ1) is 13.4. The molecule has 0 aliphatic carbocycles. The lowest BCUT2D eigenvalue weighted by Crippen LogP contribution is -2.08. The summed E-state index contributed by atoms with van der Waals surface area (Å²) >= 11 is 0. The van der Waals surface area contributed by atoms with E-state index in [-0.39, 0.29) is 0 Å². The molecule has 0 spiro atoms. The highest BCUT2D eigenvalue weighted by Gasteiger charge is 2.01. The summed E-state index contributed by atoms with van der Waals surface area (Å²) in [6.45, 7) is 0.474. The fraction of sp³-hybridized carbons (Fsp3) is 0.167. The first-order valence-electron chi connectivity index (χ1n) is 6.97. The first-order valence-corrected chi connectivity index (χ1v) is 6.97. The molecule has 0 radical (unpaired) electrons. The van der Waals surface area contributed by atoms with Crippen LogP contribution in [0.15, 0.2) is 60.7 Å². The van der Waals surface area contributed by atoms with Crippen LogP contribution in [0, 0.1) is 0 Å². The van der Waals surface area contributed by atoms with Gasteiger partial charge in [-0.2, -0.15) is 0 Å². The molecule has 0 amide bonds. The molecule has 2 aromatic carbocycles. The van der Waals surface area contributed by atoms with E-state index in [2.05, 4.69) is 28.1 Å². The van der Waals surface area contributed by atoms with Crippen LogP contribution in [0.3, 0.4) is 0 Å². The second-order valence-electron chi connectivity index (χ2n) is 5.18. The number of para-hydroxylation sites is 1. The van der Waals surface area contributed by atoms with Crippen molar-refractivity contribution in [3.8, 4) is 5.75 Å². The van der Waals surface area contributed by atoms with Gasteiger partial charge in [0.2, 0.25) is 0 Å². The molecule has 0 aliphatic rings. The zero-order chi connectivity index (χ0) is 14.7. The topological polar surface area (TPSA) is 25.4 Å². The molecule has 3 nitrogen and oxygen atoms in total. The molecule has 0 bridgehead atoms. The largest absolute Gasteiger partial charge is 0.487 e. The van der Waals surface area contributed by atoms with Gasteiger partial charge in [0.15, 0.2) is 0 Å². The third kappa shape index (κ3) is 3.14. The van der Waals surface area contributed by atoms with Gasteiger partial charge in [0, 0.05) is 31.2 Å². The standard InChI is InChI=1S/C18H18N2O/c1-20(2)16-7-5-8-17(12-16)21-13-15-11-10-14-6-3-4-9-18(14)19-15/h3-12H,13H2,1-2H3. The normalized spacial score (nSPS) is 10.6. The predicted octanol–water partition coefficient (Wildman–Crippen LogP) is 3.88. The summed E-state index contributed by atoms with van der Waals surface area (Å²) in [7, 11) is 4.04. The van der Waals surface area contributed by atoms with Gasteiger partial charge in [0.05, 0.1) is 11.2 Å². The fourth-order valence-electron chi connectivity index (χ4n) is 2.20. The van der Waals surface area contributed by atoms with Crippen LogP contribution in [-0.2, 0) is 6.61 Å². The van der Waals surface area contributed by atoms with Crippen LogP contribution in [0.25, 0.3) is 10.9 Å². The summed E-state index contributed by atoms with van der Waals surface area (Å²) in [5.41, 5.74) is 3.06. The Morgan fingerprint density at radius 1 is 0.952 bits per heavy atom. The molecule has 0 N–H and O–H groups in total. The summed E-state index contributed by atoms with van der Waals surface area (Å²) in [5, 5.41) is 1.15. The predicted molar refractivity (Wildman–Crippen MR) is 86.8 cm³/mol.